The van der Waals surface area contributed by atoms with Crippen LogP contribution in [0, 0.1) is 5.92 Å². The number of halogens is 1. The fraction of sp³-hybridized carbons (Fsp3) is 0.520. The van der Waals surface area contributed by atoms with Crippen molar-refractivity contribution in [2.24, 2.45) is 5.92 Å². The smallest absolute Gasteiger partial charge is 0.186 e. The molecule has 3 aromatic rings. The highest BCUT2D eigenvalue weighted by atomic mass is 32.1. The molecule has 1 N–H and O–H groups in total. The Balaban J connectivity index is 1.43. The molecule has 1 saturated heterocycles. The maximum atomic E-state index is 13.3. The van der Waals surface area contributed by atoms with Crippen LogP contribution in [0.1, 0.15) is 47.8 Å². The van der Waals surface area contributed by atoms with Crippen LogP contribution >= 0.6 is 11.3 Å². The van der Waals surface area contributed by atoms with Crippen LogP contribution in [0.4, 0.5) is 9.52 Å². The van der Waals surface area contributed by atoms with Crippen molar-refractivity contribution >= 4 is 33.2 Å². The van der Waals surface area contributed by atoms with Crippen molar-refractivity contribution in [2.45, 2.75) is 45.1 Å². The summed E-state index contributed by atoms with van der Waals surface area (Å²) in [4.78, 5) is 25.9. The molecule has 32 heavy (non-hydrogen) atoms. The number of carbonyl (C=O) groups excluding carboxylic acids is 1. The average molecular weight is 457 g/mol. The van der Waals surface area contributed by atoms with E-state index in [1.165, 1.54) is 22.3 Å². The highest BCUT2D eigenvalue weighted by molar-refractivity contribution is 7.17. The molecule has 2 unspecified atom stereocenters. The maximum absolute atomic E-state index is 13.3. The summed E-state index contributed by atoms with van der Waals surface area (Å²) in [5.74, 6) is 0.484. The molecule has 3 heterocycles. The topological polar surface area (TPSA) is 52.2 Å². The lowest BCUT2D eigenvalue weighted by molar-refractivity contribution is 0.0962. The lowest BCUT2D eigenvalue weighted by atomic mass is 9.89. The Kier molecular flexibility index (Phi) is 7.58. The predicted molar refractivity (Wildman–Crippen MR) is 131 cm³/mol. The predicted octanol–water partition coefficient (Wildman–Crippen LogP) is 5.34. The van der Waals surface area contributed by atoms with Gasteiger partial charge in [-0.25, -0.2) is 9.37 Å². The van der Waals surface area contributed by atoms with E-state index in [0.717, 1.165) is 54.3 Å². The Hall–Kier alpha value is -2.25. The fourth-order valence-corrected chi connectivity index (χ4v) is 5.47. The summed E-state index contributed by atoms with van der Waals surface area (Å²) < 4.78 is 13.3. The van der Waals surface area contributed by atoms with Crippen LogP contribution in [-0.4, -0.2) is 60.0 Å². The highest BCUT2D eigenvalue weighted by Crippen LogP contribution is 2.29. The van der Waals surface area contributed by atoms with E-state index in [2.05, 4.69) is 51.1 Å². The zero-order chi connectivity index (χ0) is 22.5. The monoisotopic (exact) mass is 456 g/mol. The summed E-state index contributed by atoms with van der Waals surface area (Å²) in [5, 5.41) is 2.08. The van der Waals surface area contributed by atoms with E-state index in [1.807, 2.05) is 13.1 Å². The van der Waals surface area contributed by atoms with Crippen LogP contribution in [0.3, 0.4) is 0 Å². The van der Waals surface area contributed by atoms with Crippen LogP contribution in [0.5, 0.6) is 0 Å². The number of para-hydroxylation sites is 1. The van der Waals surface area contributed by atoms with Crippen molar-refractivity contribution in [2.75, 3.05) is 38.3 Å². The minimum absolute atomic E-state index is 0.110. The molecule has 0 amide bonds. The Morgan fingerprint density at radius 3 is 3.00 bits per heavy atom. The van der Waals surface area contributed by atoms with Gasteiger partial charge >= 0.3 is 0 Å². The molecule has 0 radical (unpaired) electrons. The number of piperazine rings is 1. The van der Waals surface area contributed by atoms with Gasteiger partial charge in [-0.05, 0) is 37.4 Å². The molecule has 5 nitrogen and oxygen atoms in total. The molecule has 0 saturated carbocycles. The van der Waals surface area contributed by atoms with Crippen molar-refractivity contribution < 1.29 is 9.18 Å². The van der Waals surface area contributed by atoms with Gasteiger partial charge in [0.2, 0.25) is 0 Å². The summed E-state index contributed by atoms with van der Waals surface area (Å²) in [7, 11) is 1.96. The SMILES string of the molecule is CCCCC(CC(=O)c1cnc(N2CCN(C)C(CF)C2)s1)Cc1c[nH]c2ccccc12. The second kappa shape index (κ2) is 10.6. The number of aromatic nitrogens is 2. The van der Waals surface area contributed by atoms with E-state index in [4.69, 9.17) is 0 Å². The first-order chi connectivity index (χ1) is 15.6. The van der Waals surface area contributed by atoms with Crippen LogP contribution in [-0.2, 0) is 6.42 Å². The number of fused-ring (bicyclic) bond motifs is 1. The maximum Gasteiger partial charge on any atom is 0.186 e. The van der Waals surface area contributed by atoms with Crippen molar-refractivity contribution in [3.05, 3.63) is 47.1 Å². The number of ketones is 1. The van der Waals surface area contributed by atoms with Gasteiger partial charge in [0.25, 0.3) is 0 Å². The molecule has 0 spiro atoms. The Morgan fingerprint density at radius 1 is 1.34 bits per heavy atom. The van der Waals surface area contributed by atoms with Gasteiger partial charge in [-0.2, -0.15) is 0 Å². The summed E-state index contributed by atoms with van der Waals surface area (Å²) >= 11 is 1.46. The highest BCUT2D eigenvalue weighted by Gasteiger charge is 2.27. The molecule has 4 rings (SSSR count). The van der Waals surface area contributed by atoms with Gasteiger partial charge in [0.1, 0.15) is 6.67 Å². The minimum Gasteiger partial charge on any atom is -0.361 e. The fourth-order valence-electron chi connectivity index (χ4n) is 4.57. The number of aromatic amines is 1. The number of nitrogens with one attached hydrogen (secondary N) is 1. The molecule has 1 aliphatic heterocycles. The Morgan fingerprint density at radius 2 is 2.19 bits per heavy atom. The first-order valence-corrected chi connectivity index (χ1v) is 12.5. The molecule has 0 aliphatic carbocycles. The van der Waals surface area contributed by atoms with Gasteiger partial charge in [0, 0.05) is 43.2 Å². The quantitative estimate of drug-likeness (QED) is 0.419. The third-order valence-electron chi connectivity index (χ3n) is 6.62. The van der Waals surface area contributed by atoms with Crippen molar-refractivity contribution in [3.8, 4) is 0 Å². The number of H-pyrrole nitrogens is 1. The molecule has 1 aliphatic rings. The van der Waals surface area contributed by atoms with Crippen LogP contribution in [0.15, 0.2) is 36.7 Å². The lowest BCUT2D eigenvalue weighted by Gasteiger charge is -2.37. The number of carbonyl (C=O) groups is 1. The largest absolute Gasteiger partial charge is 0.361 e. The van der Waals surface area contributed by atoms with E-state index >= 15 is 0 Å². The van der Waals surface area contributed by atoms with Gasteiger partial charge in [0.15, 0.2) is 10.9 Å². The van der Waals surface area contributed by atoms with E-state index < -0.39 is 0 Å². The molecule has 172 valence electrons. The van der Waals surface area contributed by atoms with Crippen molar-refractivity contribution in [1.82, 2.24) is 14.9 Å². The second-order valence-corrected chi connectivity index (χ2v) is 9.95. The number of anilines is 1. The number of rotatable bonds is 10. The van der Waals surface area contributed by atoms with E-state index in [9.17, 15) is 9.18 Å². The van der Waals surface area contributed by atoms with E-state index in [0.29, 0.717) is 18.9 Å². The second-order valence-electron chi connectivity index (χ2n) is 8.94. The lowest BCUT2D eigenvalue weighted by Crippen LogP contribution is -2.52. The summed E-state index contributed by atoms with van der Waals surface area (Å²) in [6.45, 7) is 4.07. The normalized spacial score (nSPS) is 18.3. The zero-order valence-corrected chi connectivity index (χ0v) is 19.8. The third-order valence-corrected chi connectivity index (χ3v) is 7.72. The van der Waals surface area contributed by atoms with Gasteiger partial charge in [-0.1, -0.05) is 49.3 Å². The number of nitrogens with zero attached hydrogens (tertiary/aromatic N) is 3. The van der Waals surface area contributed by atoms with E-state index in [-0.39, 0.29) is 18.5 Å². The van der Waals surface area contributed by atoms with Crippen molar-refractivity contribution in [1.29, 1.82) is 0 Å². The molecule has 2 aromatic heterocycles. The number of hydrogen-bond acceptors (Lipinski definition) is 5. The number of Topliss-reactive ketones (excluding diaryl/α,β-unsaturated/α-hetero) is 1. The molecule has 7 heteroatoms. The minimum atomic E-state index is -0.364. The number of likely N-dealkylation sites (N-methyl/N-ethyl adjacent to an activating group) is 1. The number of thiazole rings is 1. The van der Waals surface area contributed by atoms with Crippen LogP contribution < -0.4 is 4.90 Å². The Labute approximate surface area is 193 Å². The molecule has 0 bridgehead atoms. The molecule has 1 fully saturated rings. The number of benzene rings is 1. The van der Waals surface area contributed by atoms with Crippen molar-refractivity contribution in [3.63, 3.8) is 0 Å². The first-order valence-electron chi connectivity index (χ1n) is 11.6. The first kappa shape index (κ1) is 22.9. The van der Waals surface area contributed by atoms with E-state index in [1.54, 1.807) is 6.20 Å². The zero-order valence-electron chi connectivity index (χ0n) is 19.0. The Bertz CT molecular complexity index is 1030. The average Bonchev–Trinajstić information content (AvgIpc) is 3.46. The molecule has 1 aromatic carbocycles. The summed E-state index contributed by atoms with van der Waals surface area (Å²) in [6, 6.07) is 8.24. The number of unbranched alkanes of at least 4 members (excludes halogenated alkanes) is 1. The van der Waals surface area contributed by atoms with Crippen LogP contribution in [0.25, 0.3) is 10.9 Å². The number of alkyl halides is 1. The molecule has 2 atom stereocenters. The summed E-state index contributed by atoms with van der Waals surface area (Å²) in [5.41, 5.74) is 2.43. The molecular formula is C25H33FN4OS. The third kappa shape index (κ3) is 5.21. The van der Waals surface area contributed by atoms with Gasteiger partial charge in [-0.15, -0.1) is 0 Å². The van der Waals surface area contributed by atoms with Gasteiger partial charge in [0.05, 0.1) is 17.1 Å². The number of hydrogen-bond donors (Lipinski definition) is 1. The van der Waals surface area contributed by atoms with Gasteiger partial charge < -0.3 is 9.88 Å². The standard InChI is InChI=1S/C25H33FN4OS/c1-3-4-7-18(12-19-15-27-22-9-6-5-8-21(19)22)13-23(31)24-16-28-25(32-24)30-11-10-29(2)20(14-26)17-30/h5-6,8-9,15-16,18,20,27H,3-4,7,10-14,17H2,1-2H3. The molecular weight excluding hydrogens is 423 g/mol. The summed E-state index contributed by atoms with van der Waals surface area (Å²) in [6.07, 6.45) is 8.54. The van der Waals surface area contributed by atoms with Crippen LogP contribution in [0.2, 0.25) is 0 Å². The van der Waals surface area contributed by atoms with Gasteiger partial charge in [-0.3, -0.25) is 9.69 Å².